The zero-order chi connectivity index (χ0) is 9.68. The summed E-state index contributed by atoms with van der Waals surface area (Å²) >= 11 is 0. The van der Waals surface area contributed by atoms with Gasteiger partial charge in [-0.2, -0.15) is 5.48 Å². The normalized spacial score (nSPS) is 12.4. The van der Waals surface area contributed by atoms with Crippen molar-refractivity contribution in [3.05, 3.63) is 29.8 Å². The lowest BCUT2D eigenvalue weighted by Crippen LogP contribution is -2.29. The summed E-state index contributed by atoms with van der Waals surface area (Å²) in [6.45, 7) is 0. The Kier molecular flexibility index (Phi) is 3.42. The highest BCUT2D eigenvalue weighted by Crippen LogP contribution is 2.10. The standard InChI is InChI=1S/C9H11NO3/c11-6-8(10-13)5-7-1-3-9(12)4-2-7/h1-4,6,8,10,12-13H,5H2. The van der Waals surface area contributed by atoms with E-state index >= 15 is 0 Å². The van der Waals surface area contributed by atoms with Crippen molar-refractivity contribution in [2.24, 2.45) is 0 Å². The van der Waals surface area contributed by atoms with Crippen LogP contribution in [0.2, 0.25) is 0 Å². The number of hydrogen-bond acceptors (Lipinski definition) is 4. The Bertz CT molecular complexity index is 271. The molecule has 1 rings (SSSR count). The molecule has 1 atom stereocenters. The van der Waals surface area contributed by atoms with Crippen molar-refractivity contribution in [2.45, 2.75) is 12.5 Å². The summed E-state index contributed by atoms with van der Waals surface area (Å²) in [5.41, 5.74) is 2.76. The van der Waals surface area contributed by atoms with Crippen molar-refractivity contribution >= 4 is 6.29 Å². The lowest BCUT2D eigenvalue weighted by molar-refractivity contribution is -0.111. The van der Waals surface area contributed by atoms with Crippen molar-refractivity contribution in [2.75, 3.05) is 0 Å². The Morgan fingerprint density at radius 3 is 2.46 bits per heavy atom. The average Bonchev–Trinajstić information content (AvgIpc) is 2.17. The highest BCUT2D eigenvalue weighted by Gasteiger charge is 2.05. The molecule has 3 N–H and O–H groups in total. The predicted molar refractivity (Wildman–Crippen MR) is 46.6 cm³/mol. The Labute approximate surface area is 75.8 Å². The van der Waals surface area contributed by atoms with Crippen LogP contribution in [0.25, 0.3) is 0 Å². The van der Waals surface area contributed by atoms with Crippen LogP contribution in [0, 0.1) is 0 Å². The van der Waals surface area contributed by atoms with Crippen LogP contribution in [0.4, 0.5) is 0 Å². The first-order valence-corrected chi connectivity index (χ1v) is 3.89. The third-order valence-electron chi connectivity index (χ3n) is 1.72. The molecule has 0 saturated heterocycles. The molecule has 1 aromatic carbocycles. The molecular formula is C9H11NO3. The molecule has 0 amide bonds. The van der Waals surface area contributed by atoms with Gasteiger partial charge in [-0.05, 0) is 24.1 Å². The van der Waals surface area contributed by atoms with E-state index < -0.39 is 6.04 Å². The number of nitrogens with one attached hydrogen (secondary N) is 1. The van der Waals surface area contributed by atoms with Gasteiger partial charge in [0, 0.05) is 0 Å². The van der Waals surface area contributed by atoms with Gasteiger partial charge in [0.25, 0.3) is 0 Å². The van der Waals surface area contributed by atoms with Crippen molar-refractivity contribution in [1.82, 2.24) is 5.48 Å². The molecule has 1 unspecified atom stereocenters. The Morgan fingerprint density at radius 2 is 2.00 bits per heavy atom. The summed E-state index contributed by atoms with van der Waals surface area (Å²) < 4.78 is 0. The Hall–Kier alpha value is -1.39. The third-order valence-corrected chi connectivity index (χ3v) is 1.72. The summed E-state index contributed by atoms with van der Waals surface area (Å²) in [5, 5.41) is 17.5. The second kappa shape index (κ2) is 4.59. The number of rotatable bonds is 4. The highest BCUT2D eigenvalue weighted by atomic mass is 16.5. The first kappa shape index (κ1) is 9.70. The maximum absolute atomic E-state index is 10.3. The van der Waals surface area contributed by atoms with Crippen molar-refractivity contribution in [1.29, 1.82) is 0 Å². The van der Waals surface area contributed by atoms with Gasteiger partial charge in [0.05, 0.1) is 6.04 Å². The zero-order valence-corrected chi connectivity index (χ0v) is 6.97. The summed E-state index contributed by atoms with van der Waals surface area (Å²) in [7, 11) is 0. The second-order valence-electron chi connectivity index (χ2n) is 2.74. The van der Waals surface area contributed by atoms with Gasteiger partial charge >= 0.3 is 0 Å². The van der Waals surface area contributed by atoms with Gasteiger partial charge in [-0.15, -0.1) is 0 Å². The minimum atomic E-state index is -0.593. The molecule has 0 aromatic heterocycles. The number of phenolic OH excluding ortho intramolecular Hbond substituents is 1. The van der Waals surface area contributed by atoms with E-state index in [1.54, 1.807) is 12.1 Å². The molecule has 13 heavy (non-hydrogen) atoms. The van der Waals surface area contributed by atoms with E-state index in [1.165, 1.54) is 12.1 Å². The molecule has 0 spiro atoms. The number of hydroxylamine groups is 1. The summed E-state index contributed by atoms with van der Waals surface area (Å²) in [4.78, 5) is 10.3. The van der Waals surface area contributed by atoms with Crippen LogP contribution in [0.1, 0.15) is 5.56 Å². The van der Waals surface area contributed by atoms with Crippen LogP contribution in [-0.4, -0.2) is 22.6 Å². The molecule has 0 saturated carbocycles. The van der Waals surface area contributed by atoms with E-state index in [2.05, 4.69) is 0 Å². The van der Waals surface area contributed by atoms with Crippen molar-refractivity contribution < 1.29 is 15.1 Å². The van der Waals surface area contributed by atoms with Gasteiger partial charge in [-0.1, -0.05) is 12.1 Å². The molecule has 0 radical (unpaired) electrons. The molecule has 70 valence electrons. The molecule has 0 heterocycles. The lowest BCUT2D eigenvalue weighted by Gasteiger charge is -2.06. The number of hydrogen-bond donors (Lipinski definition) is 3. The van der Waals surface area contributed by atoms with Crippen LogP contribution in [0.15, 0.2) is 24.3 Å². The smallest absolute Gasteiger partial charge is 0.139 e. The SMILES string of the molecule is O=CC(Cc1ccc(O)cc1)NO. The van der Waals surface area contributed by atoms with Crippen molar-refractivity contribution in [3.8, 4) is 5.75 Å². The molecule has 0 fully saturated rings. The van der Waals surface area contributed by atoms with Crippen LogP contribution in [0.5, 0.6) is 5.75 Å². The molecular weight excluding hydrogens is 170 g/mol. The molecule has 0 bridgehead atoms. The predicted octanol–water partition coefficient (Wildman–Crippen LogP) is 0.481. The third kappa shape index (κ3) is 2.85. The molecule has 0 aliphatic carbocycles. The van der Waals surface area contributed by atoms with Gasteiger partial charge < -0.3 is 15.1 Å². The number of benzene rings is 1. The minimum Gasteiger partial charge on any atom is -0.508 e. The average molecular weight is 181 g/mol. The maximum atomic E-state index is 10.3. The number of aromatic hydroxyl groups is 1. The fourth-order valence-electron chi connectivity index (χ4n) is 1.01. The lowest BCUT2D eigenvalue weighted by atomic mass is 10.1. The number of aldehydes is 1. The van der Waals surface area contributed by atoms with E-state index in [0.717, 1.165) is 5.56 Å². The molecule has 0 aliphatic heterocycles. The maximum Gasteiger partial charge on any atom is 0.139 e. The van der Waals surface area contributed by atoms with E-state index in [9.17, 15) is 4.79 Å². The molecule has 0 aliphatic rings. The largest absolute Gasteiger partial charge is 0.508 e. The van der Waals surface area contributed by atoms with Gasteiger partial charge in [0.2, 0.25) is 0 Å². The van der Waals surface area contributed by atoms with Gasteiger partial charge in [-0.25, -0.2) is 0 Å². The summed E-state index contributed by atoms with van der Waals surface area (Å²) in [6.07, 6.45) is 1.03. The molecule has 4 heteroatoms. The summed E-state index contributed by atoms with van der Waals surface area (Å²) in [5.74, 6) is 0.184. The topological polar surface area (TPSA) is 69.6 Å². The fourth-order valence-corrected chi connectivity index (χ4v) is 1.01. The Morgan fingerprint density at radius 1 is 1.38 bits per heavy atom. The van der Waals surface area contributed by atoms with Gasteiger partial charge in [0.15, 0.2) is 0 Å². The Balaban J connectivity index is 2.63. The van der Waals surface area contributed by atoms with Crippen molar-refractivity contribution in [3.63, 3.8) is 0 Å². The molecule has 1 aromatic rings. The monoisotopic (exact) mass is 181 g/mol. The van der Waals surface area contributed by atoms with E-state index in [-0.39, 0.29) is 5.75 Å². The van der Waals surface area contributed by atoms with Crippen LogP contribution in [-0.2, 0) is 11.2 Å². The van der Waals surface area contributed by atoms with Crippen LogP contribution < -0.4 is 5.48 Å². The highest BCUT2D eigenvalue weighted by molar-refractivity contribution is 5.58. The van der Waals surface area contributed by atoms with E-state index in [4.69, 9.17) is 10.3 Å². The van der Waals surface area contributed by atoms with Crippen LogP contribution >= 0.6 is 0 Å². The van der Waals surface area contributed by atoms with E-state index in [1.807, 2.05) is 5.48 Å². The first-order chi connectivity index (χ1) is 6.26. The fraction of sp³-hybridized carbons (Fsp3) is 0.222. The number of carbonyl (C=O) groups is 1. The number of phenols is 1. The zero-order valence-electron chi connectivity index (χ0n) is 6.97. The molecule has 4 nitrogen and oxygen atoms in total. The van der Waals surface area contributed by atoms with Gasteiger partial charge in [-0.3, -0.25) is 0 Å². The van der Waals surface area contributed by atoms with Crippen LogP contribution in [0.3, 0.4) is 0 Å². The van der Waals surface area contributed by atoms with E-state index in [0.29, 0.717) is 12.7 Å². The second-order valence-corrected chi connectivity index (χ2v) is 2.74. The van der Waals surface area contributed by atoms with Gasteiger partial charge in [0.1, 0.15) is 12.0 Å². The first-order valence-electron chi connectivity index (χ1n) is 3.89. The minimum absolute atomic E-state index is 0.184. The quantitative estimate of drug-likeness (QED) is 0.467. The number of carbonyl (C=O) groups excluding carboxylic acids is 1. The summed E-state index contributed by atoms with van der Waals surface area (Å²) in [6, 6.07) is 5.87.